The number of hydrogen-bond donors (Lipinski definition) is 2. The number of carbonyl (C=O) groups is 1. The van der Waals surface area contributed by atoms with Crippen LogP contribution in [0.2, 0.25) is 0 Å². The number of rotatable bonds is 7. The van der Waals surface area contributed by atoms with Gasteiger partial charge in [0.25, 0.3) is 11.9 Å². The highest BCUT2D eigenvalue weighted by atomic mass is 19.1. The number of anilines is 1. The molecule has 0 bridgehead atoms. The summed E-state index contributed by atoms with van der Waals surface area (Å²) in [5.74, 6) is 0.264. The molecular formula is C27H33FN8O3. The topological polar surface area (TPSA) is 119 Å². The fourth-order valence-electron chi connectivity index (χ4n) is 4.94. The molecule has 11 nitrogen and oxygen atoms in total. The summed E-state index contributed by atoms with van der Waals surface area (Å²) in [6.45, 7) is 8.07. The maximum atomic E-state index is 14.8. The molecule has 12 heteroatoms. The van der Waals surface area contributed by atoms with E-state index in [1.54, 1.807) is 10.7 Å². The summed E-state index contributed by atoms with van der Waals surface area (Å²) in [6.07, 6.45) is 3.28. The van der Waals surface area contributed by atoms with Gasteiger partial charge in [-0.15, -0.1) is 0 Å². The van der Waals surface area contributed by atoms with Gasteiger partial charge < -0.3 is 29.4 Å². The third kappa shape index (κ3) is 5.13. The van der Waals surface area contributed by atoms with Crippen molar-refractivity contribution in [2.75, 3.05) is 32.1 Å². The lowest BCUT2D eigenvalue weighted by Crippen LogP contribution is -2.46. The number of carbonyl (C=O) groups excluding carboxylic acids is 1. The van der Waals surface area contributed by atoms with Crippen LogP contribution in [-0.4, -0.2) is 74.3 Å². The van der Waals surface area contributed by atoms with Crippen molar-refractivity contribution in [2.24, 2.45) is 0 Å². The van der Waals surface area contributed by atoms with Crippen LogP contribution in [0.3, 0.4) is 0 Å². The van der Waals surface area contributed by atoms with Gasteiger partial charge in [0.05, 0.1) is 36.1 Å². The van der Waals surface area contributed by atoms with Crippen LogP contribution in [-0.2, 0) is 16.8 Å². The Hall–Kier alpha value is -3.77. The first-order chi connectivity index (χ1) is 18.7. The summed E-state index contributed by atoms with van der Waals surface area (Å²) in [6, 6.07) is 7.28. The Bertz CT molecular complexity index is 1500. The molecule has 0 spiro atoms. The van der Waals surface area contributed by atoms with E-state index in [-0.39, 0.29) is 42.0 Å². The highest BCUT2D eigenvalue weighted by Gasteiger charge is 2.34. The van der Waals surface area contributed by atoms with Gasteiger partial charge in [-0.05, 0) is 51.5 Å². The average molecular weight is 537 g/mol. The van der Waals surface area contributed by atoms with E-state index < -0.39 is 6.17 Å². The van der Waals surface area contributed by atoms with Gasteiger partial charge in [0.2, 0.25) is 5.89 Å². The molecule has 0 radical (unpaired) electrons. The van der Waals surface area contributed by atoms with Crippen molar-refractivity contribution in [3.05, 3.63) is 53.8 Å². The predicted molar refractivity (Wildman–Crippen MR) is 143 cm³/mol. The summed E-state index contributed by atoms with van der Waals surface area (Å²) in [5.41, 5.74) is 2.69. The molecule has 3 aromatic heterocycles. The molecule has 0 unspecified atom stereocenters. The molecule has 206 valence electrons. The first-order valence-corrected chi connectivity index (χ1v) is 13.2. The van der Waals surface area contributed by atoms with Crippen LogP contribution in [0.5, 0.6) is 0 Å². The van der Waals surface area contributed by atoms with Gasteiger partial charge in [0.1, 0.15) is 17.8 Å². The number of likely N-dealkylation sites (tertiary alicyclic amines) is 1. The van der Waals surface area contributed by atoms with Crippen molar-refractivity contribution >= 4 is 22.5 Å². The number of nitrogens with zero attached hydrogens (tertiary/aromatic N) is 6. The van der Waals surface area contributed by atoms with Crippen LogP contribution < -0.4 is 10.6 Å². The van der Waals surface area contributed by atoms with Crippen molar-refractivity contribution in [2.45, 2.75) is 57.6 Å². The lowest BCUT2D eigenvalue weighted by Gasteiger charge is -2.33. The van der Waals surface area contributed by atoms with Crippen LogP contribution in [0, 0.1) is 0 Å². The van der Waals surface area contributed by atoms with Crippen LogP contribution in [0.4, 0.5) is 10.1 Å². The standard InChI is InChI=1S/C27H33FN8O3/c1-27(2,3)35-11-8-16(13-35)25(37)29-12-22-31-26(33-39-22)36-24(21-15-38-21)17-6-5-7-20(23(17)32-36)30-19-9-10-34(4)14-18(19)28/h5-8,11,13,18-19,21,30H,9-10,12,14-15H2,1-4H3,(H,29,37)/t18-,19+,21+/m0/s1. The highest BCUT2D eigenvalue weighted by molar-refractivity contribution is 5.94. The van der Waals surface area contributed by atoms with E-state index in [0.717, 1.165) is 23.3 Å². The zero-order valence-electron chi connectivity index (χ0n) is 22.5. The normalized spacial score (nSPS) is 21.8. The molecule has 0 aliphatic carbocycles. The number of benzene rings is 1. The molecule has 2 N–H and O–H groups in total. The van der Waals surface area contributed by atoms with Gasteiger partial charge in [0, 0.05) is 36.4 Å². The zero-order chi connectivity index (χ0) is 27.3. The van der Waals surface area contributed by atoms with Crippen LogP contribution in [0.25, 0.3) is 16.9 Å². The third-order valence-corrected chi connectivity index (χ3v) is 7.24. The van der Waals surface area contributed by atoms with E-state index >= 15 is 0 Å². The Balaban J connectivity index is 1.22. The maximum absolute atomic E-state index is 14.8. The highest BCUT2D eigenvalue weighted by Crippen LogP contribution is 2.38. The van der Waals surface area contributed by atoms with Crippen molar-refractivity contribution in [3.63, 3.8) is 0 Å². The molecule has 4 aromatic rings. The fraction of sp³-hybridized carbons (Fsp3) is 0.481. The molecule has 0 saturated carbocycles. The second-order valence-electron chi connectivity index (χ2n) is 11.3. The minimum atomic E-state index is -0.977. The van der Waals surface area contributed by atoms with E-state index in [4.69, 9.17) is 14.4 Å². The second-order valence-corrected chi connectivity index (χ2v) is 11.3. The van der Waals surface area contributed by atoms with E-state index in [1.165, 1.54) is 0 Å². The number of ether oxygens (including phenoxy) is 1. The molecule has 39 heavy (non-hydrogen) atoms. The Labute approximate surface area is 225 Å². The number of fused-ring (bicyclic) bond motifs is 1. The summed E-state index contributed by atoms with van der Waals surface area (Å²) in [5, 5.41) is 16.0. The van der Waals surface area contributed by atoms with E-state index in [0.29, 0.717) is 30.7 Å². The van der Waals surface area contributed by atoms with Gasteiger partial charge in [-0.1, -0.05) is 12.1 Å². The van der Waals surface area contributed by atoms with Crippen LogP contribution >= 0.6 is 0 Å². The van der Waals surface area contributed by atoms with Crippen LogP contribution in [0.1, 0.15) is 55.2 Å². The van der Waals surface area contributed by atoms with Crippen molar-refractivity contribution in [1.29, 1.82) is 0 Å². The Morgan fingerprint density at radius 3 is 2.79 bits per heavy atom. The third-order valence-electron chi connectivity index (χ3n) is 7.24. The van der Waals surface area contributed by atoms with Gasteiger partial charge >= 0.3 is 0 Å². The predicted octanol–water partition coefficient (Wildman–Crippen LogP) is 3.42. The number of piperidine rings is 1. The minimum Gasteiger partial charge on any atom is -0.377 e. The monoisotopic (exact) mass is 536 g/mol. The molecule has 2 aliphatic heterocycles. The van der Waals surface area contributed by atoms with Crippen molar-refractivity contribution < 1.29 is 18.4 Å². The lowest BCUT2D eigenvalue weighted by molar-refractivity contribution is 0.0946. The first-order valence-electron chi connectivity index (χ1n) is 13.2. The van der Waals surface area contributed by atoms with Gasteiger partial charge in [-0.25, -0.2) is 4.39 Å². The lowest BCUT2D eigenvalue weighted by atomic mass is 10.0. The van der Waals surface area contributed by atoms with E-state index in [2.05, 4.69) is 41.5 Å². The van der Waals surface area contributed by atoms with Gasteiger partial charge in [0.15, 0.2) is 0 Å². The SMILES string of the molecule is CN1CC[C@@H](Nc2cccc3c([C@H]4CO4)n(-c4noc(CNC(=O)c5ccn(C(C)(C)C)c5)n4)nc23)[C@@H](F)C1. The smallest absolute Gasteiger partial charge is 0.291 e. The molecule has 5 heterocycles. The number of halogens is 1. The molecule has 3 atom stereocenters. The maximum Gasteiger partial charge on any atom is 0.291 e. The molecule has 1 aromatic carbocycles. The zero-order valence-corrected chi connectivity index (χ0v) is 22.5. The van der Waals surface area contributed by atoms with Crippen LogP contribution in [0.15, 0.2) is 41.2 Å². The summed E-state index contributed by atoms with van der Waals surface area (Å²) >= 11 is 0. The largest absolute Gasteiger partial charge is 0.377 e. The first kappa shape index (κ1) is 25.5. The number of hydrogen-bond acceptors (Lipinski definition) is 8. The number of epoxide rings is 1. The molecule has 2 aliphatic rings. The number of alkyl halides is 1. The average Bonchev–Trinajstić information content (AvgIpc) is 3.29. The fourth-order valence-corrected chi connectivity index (χ4v) is 4.94. The second kappa shape index (κ2) is 9.76. The number of nitrogens with one attached hydrogen (secondary N) is 2. The molecule has 6 rings (SSSR count). The Morgan fingerprint density at radius 1 is 1.26 bits per heavy atom. The molecule has 1 amide bonds. The Morgan fingerprint density at radius 2 is 2.08 bits per heavy atom. The number of amides is 1. The molecular weight excluding hydrogens is 503 g/mol. The van der Waals surface area contributed by atoms with Gasteiger partial charge in [-0.3, -0.25) is 4.79 Å². The summed E-state index contributed by atoms with van der Waals surface area (Å²) in [4.78, 5) is 19.1. The summed E-state index contributed by atoms with van der Waals surface area (Å²) < 4.78 is 29.4. The van der Waals surface area contributed by atoms with E-state index in [1.807, 2.05) is 47.1 Å². The summed E-state index contributed by atoms with van der Waals surface area (Å²) in [7, 11) is 1.93. The molecule has 2 saturated heterocycles. The van der Waals surface area contributed by atoms with Gasteiger partial charge in [-0.2, -0.15) is 14.8 Å². The quantitative estimate of drug-likeness (QED) is 0.345. The van der Waals surface area contributed by atoms with E-state index in [9.17, 15) is 9.18 Å². The molecule has 2 fully saturated rings. The minimum absolute atomic E-state index is 0.0728. The van der Waals surface area contributed by atoms with Crippen molar-refractivity contribution in [3.8, 4) is 5.95 Å². The number of aromatic nitrogens is 5. The Kier molecular flexibility index (Phi) is 6.38. The van der Waals surface area contributed by atoms with Crippen molar-refractivity contribution in [1.82, 2.24) is 34.7 Å².